The van der Waals surface area contributed by atoms with Crippen molar-refractivity contribution in [2.75, 3.05) is 19.6 Å². The summed E-state index contributed by atoms with van der Waals surface area (Å²) in [7, 11) is 0. The lowest BCUT2D eigenvalue weighted by atomic mass is 10.0. The van der Waals surface area contributed by atoms with Gasteiger partial charge in [0.1, 0.15) is 6.54 Å². The van der Waals surface area contributed by atoms with E-state index in [4.69, 9.17) is 0 Å². The Morgan fingerprint density at radius 2 is 1.76 bits per heavy atom. The van der Waals surface area contributed by atoms with Gasteiger partial charge in [0.05, 0.1) is 6.54 Å². The smallest absolute Gasteiger partial charge is 0.335 e. The fraction of sp³-hybridized carbons (Fsp3) is 0.444. The maximum absolute atomic E-state index is 12.5. The minimum atomic E-state index is -0.931. The molecule has 0 N–H and O–H groups in total. The summed E-state index contributed by atoms with van der Waals surface area (Å²) in [5, 5.41) is 0. The van der Waals surface area contributed by atoms with Gasteiger partial charge in [0.25, 0.3) is 0 Å². The molecule has 2 fully saturated rings. The van der Waals surface area contributed by atoms with E-state index >= 15 is 0 Å². The van der Waals surface area contributed by atoms with Gasteiger partial charge in [0.15, 0.2) is 0 Å². The molecule has 0 unspecified atom stereocenters. The maximum Gasteiger partial charge on any atom is 0.335 e. The Morgan fingerprint density at radius 3 is 2.44 bits per heavy atom. The van der Waals surface area contributed by atoms with Crippen molar-refractivity contribution in [2.45, 2.75) is 26.3 Å². The Hall–Kier alpha value is -2.70. The molecule has 132 valence electrons. The normalized spacial score (nSPS) is 21.2. The van der Waals surface area contributed by atoms with Crippen LogP contribution in [0.2, 0.25) is 0 Å². The van der Waals surface area contributed by atoms with Crippen LogP contribution in [0.3, 0.4) is 0 Å². The van der Waals surface area contributed by atoms with Gasteiger partial charge in [-0.05, 0) is 24.3 Å². The molecule has 1 aromatic rings. The SMILES string of the molecule is C[C@@H]1CCCN(C(=O)CN2C(=O)C(=O)N(Cc3ccccc3)C2=O)C1. The van der Waals surface area contributed by atoms with E-state index in [2.05, 4.69) is 6.92 Å². The van der Waals surface area contributed by atoms with Crippen LogP contribution in [0.4, 0.5) is 4.79 Å². The summed E-state index contributed by atoms with van der Waals surface area (Å²) >= 11 is 0. The molecule has 2 aliphatic heterocycles. The van der Waals surface area contributed by atoms with E-state index in [1.807, 2.05) is 6.07 Å². The summed E-state index contributed by atoms with van der Waals surface area (Å²) in [6.45, 7) is 2.96. The number of hydrogen-bond donors (Lipinski definition) is 0. The number of amides is 5. The molecule has 0 aromatic heterocycles. The third kappa shape index (κ3) is 3.55. The second-order valence-electron chi connectivity index (χ2n) is 6.64. The second kappa shape index (κ2) is 7.04. The summed E-state index contributed by atoms with van der Waals surface area (Å²) in [5.74, 6) is -1.70. The third-order valence-electron chi connectivity index (χ3n) is 4.62. The highest BCUT2D eigenvalue weighted by Gasteiger charge is 2.45. The van der Waals surface area contributed by atoms with Crippen LogP contribution >= 0.6 is 0 Å². The van der Waals surface area contributed by atoms with Gasteiger partial charge in [0.2, 0.25) is 5.91 Å². The van der Waals surface area contributed by atoms with Gasteiger partial charge in [-0.15, -0.1) is 0 Å². The van der Waals surface area contributed by atoms with Crippen LogP contribution in [-0.4, -0.2) is 58.1 Å². The number of likely N-dealkylation sites (tertiary alicyclic amines) is 1. The van der Waals surface area contributed by atoms with E-state index in [9.17, 15) is 19.2 Å². The molecule has 7 nitrogen and oxygen atoms in total. The number of nitrogens with zero attached hydrogens (tertiary/aromatic N) is 3. The number of rotatable bonds is 4. The van der Waals surface area contributed by atoms with Crippen molar-refractivity contribution in [3.05, 3.63) is 35.9 Å². The summed E-state index contributed by atoms with van der Waals surface area (Å²) in [5.41, 5.74) is 0.745. The molecule has 0 radical (unpaired) electrons. The van der Waals surface area contributed by atoms with Crippen LogP contribution in [-0.2, 0) is 20.9 Å². The molecule has 7 heteroatoms. The molecular weight excluding hydrogens is 322 g/mol. The zero-order chi connectivity index (χ0) is 18.0. The fourth-order valence-electron chi connectivity index (χ4n) is 3.25. The zero-order valence-electron chi connectivity index (χ0n) is 14.2. The first-order chi connectivity index (χ1) is 12.0. The van der Waals surface area contributed by atoms with Gasteiger partial charge >= 0.3 is 17.8 Å². The number of imide groups is 2. The van der Waals surface area contributed by atoms with Crippen LogP contribution in [0.1, 0.15) is 25.3 Å². The van der Waals surface area contributed by atoms with Crippen molar-refractivity contribution in [3.8, 4) is 0 Å². The highest BCUT2D eigenvalue weighted by Crippen LogP contribution is 2.19. The molecule has 0 spiro atoms. The standard InChI is InChI=1S/C18H21N3O4/c1-13-6-5-9-19(10-13)15(22)12-21-17(24)16(23)20(18(21)25)11-14-7-3-2-4-8-14/h2-4,7-8,13H,5-6,9-12H2,1H3/t13-/m1/s1. The Labute approximate surface area is 146 Å². The summed E-state index contributed by atoms with van der Waals surface area (Å²) < 4.78 is 0. The number of benzene rings is 1. The van der Waals surface area contributed by atoms with E-state index in [-0.39, 0.29) is 19.0 Å². The molecule has 0 bridgehead atoms. The minimum Gasteiger partial charge on any atom is -0.341 e. The highest BCUT2D eigenvalue weighted by molar-refractivity contribution is 6.44. The topological polar surface area (TPSA) is 78.0 Å². The summed E-state index contributed by atoms with van der Waals surface area (Å²) in [4.78, 5) is 52.5. The van der Waals surface area contributed by atoms with Crippen LogP contribution in [0, 0.1) is 5.92 Å². The first-order valence-electron chi connectivity index (χ1n) is 8.46. The molecule has 0 aliphatic carbocycles. The number of hydrogen-bond acceptors (Lipinski definition) is 4. The van der Waals surface area contributed by atoms with E-state index in [0.717, 1.165) is 28.2 Å². The van der Waals surface area contributed by atoms with E-state index < -0.39 is 17.8 Å². The Balaban J connectivity index is 1.68. The van der Waals surface area contributed by atoms with Crippen LogP contribution in [0.15, 0.2) is 30.3 Å². The van der Waals surface area contributed by atoms with Crippen molar-refractivity contribution in [2.24, 2.45) is 5.92 Å². The predicted octanol–water partition coefficient (Wildman–Crippen LogP) is 1.24. The average Bonchev–Trinajstić information content (AvgIpc) is 2.80. The highest BCUT2D eigenvalue weighted by atomic mass is 16.2. The lowest BCUT2D eigenvalue weighted by Crippen LogP contribution is -2.46. The van der Waals surface area contributed by atoms with Crippen LogP contribution < -0.4 is 0 Å². The van der Waals surface area contributed by atoms with E-state index in [0.29, 0.717) is 19.0 Å². The van der Waals surface area contributed by atoms with E-state index in [1.54, 1.807) is 29.2 Å². The monoisotopic (exact) mass is 343 g/mol. The molecule has 0 saturated carbocycles. The van der Waals surface area contributed by atoms with Crippen LogP contribution in [0.25, 0.3) is 0 Å². The van der Waals surface area contributed by atoms with Crippen molar-refractivity contribution < 1.29 is 19.2 Å². The molecule has 3 rings (SSSR count). The molecule has 1 aromatic carbocycles. The van der Waals surface area contributed by atoms with Gasteiger partial charge < -0.3 is 4.90 Å². The quantitative estimate of drug-likeness (QED) is 0.609. The molecule has 2 aliphatic rings. The molecule has 25 heavy (non-hydrogen) atoms. The van der Waals surface area contributed by atoms with Gasteiger partial charge in [0, 0.05) is 13.1 Å². The Kier molecular flexibility index (Phi) is 4.83. The largest absolute Gasteiger partial charge is 0.341 e. The number of carbonyl (C=O) groups excluding carboxylic acids is 4. The molecular formula is C18H21N3O4. The minimum absolute atomic E-state index is 0.0235. The molecule has 2 saturated heterocycles. The lowest BCUT2D eigenvalue weighted by Gasteiger charge is -2.31. The number of piperidine rings is 1. The Morgan fingerprint density at radius 1 is 1.08 bits per heavy atom. The molecule has 5 amide bonds. The van der Waals surface area contributed by atoms with Gasteiger partial charge in [-0.1, -0.05) is 37.3 Å². The lowest BCUT2D eigenvalue weighted by molar-refractivity contribution is -0.145. The summed E-state index contributed by atoms with van der Waals surface area (Å²) in [6, 6.07) is 8.23. The molecule has 1 atom stereocenters. The maximum atomic E-state index is 12.5. The Bertz CT molecular complexity index is 704. The number of urea groups is 1. The van der Waals surface area contributed by atoms with Gasteiger partial charge in [-0.2, -0.15) is 0 Å². The second-order valence-corrected chi connectivity index (χ2v) is 6.64. The van der Waals surface area contributed by atoms with Gasteiger partial charge in [-0.3, -0.25) is 19.3 Å². The first-order valence-corrected chi connectivity index (χ1v) is 8.46. The van der Waals surface area contributed by atoms with Crippen molar-refractivity contribution >= 4 is 23.8 Å². The zero-order valence-corrected chi connectivity index (χ0v) is 14.2. The fourth-order valence-corrected chi connectivity index (χ4v) is 3.25. The van der Waals surface area contributed by atoms with Crippen LogP contribution in [0.5, 0.6) is 0 Å². The number of carbonyl (C=O) groups is 4. The summed E-state index contributed by atoms with van der Waals surface area (Å²) in [6.07, 6.45) is 1.97. The van der Waals surface area contributed by atoms with Gasteiger partial charge in [-0.25, -0.2) is 9.69 Å². The van der Waals surface area contributed by atoms with Crippen molar-refractivity contribution in [1.82, 2.24) is 14.7 Å². The van der Waals surface area contributed by atoms with Crippen molar-refractivity contribution in [3.63, 3.8) is 0 Å². The molecule has 2 heterocycles. The first kappa shape index (κ1) is 17.1. The van der Waals surface area contributed by atoms with Crippen molar-refractivity contribution in [1.29, 1.82) is 0 Å². The average molecular weight is 343 g/mol. The van der Waals surface area contributed by atoms with E-state index in [1.165, 1.54) is 0 Å². The third-order valence-corrected chi connectivity index (χ3v) is 4.62. The predicted molar refractivity (Wildman–Crippen MR) is 89.1 cm³/mol.